The van der Waals surface area contributed by atoms with Gasteiger partial charge in [-0.3, -0.25) is 9.59 Å². The number of aromatic nitrogens is 2. The van der Waals surface area contributed by atoms with Gasteiger partial charge in [-0.1, -0.05) is 60.2 Å². The molecule has 0 fully saturated rings. The summed E-state index contributed by atoms with van der Waals surface area (Å²) >= 11 is 0. The SMILES string of the molecule is Cc1ccc(-c2ccc(=O)n(CC(=O)Nc3cccc4ccccc34)n2)c(C)c1. The minimum atomic E-state index is -0.313. The molecule has 5 heteroatoms. The van der Waals surface area contributed by atoms with E-state index >= 15 is 0 Å². The van der Waals surface area contributed by atoms with Crippen LogP contribution in [-0.2, 0) is 11.3 Å². The zero-order chi connectivity index (χ0) is 20.4. The highest BCUT2D eigenvalue weighted by atomic mass is 16.2. The van der Waals surface area contributed by atoms with Crippen LogP contribution in [0.4, 0.5) is 5.69 Å². The maximum absolute atomic E-state index is 12.6. The molecule has 0 aliphatic heterocycles. The summed E-state index contributed by atoms with van der Waals surface area (Å²) in [6.45, 7) is 3.89. The van der Waals surface area contributed by atoms with Crippen molar-refractivity contribution in [1.82, 2.24) is 9.78 Å². The largest absolute Gasteiger partial charge is 0.324 e. The number of hydrogen-bond donors (Lipinski definition) is 1. The van der Waals surface area contributed by atoms with E-state index in [0.29, 0.717) is 11.4 Å². The maximum Gasteiger partial charge on any atom is 0.267 e. The van der Waals surface area contributed by atoms with Gasteiger partial charge in [-0.25, -0.2) is 4.68 Å². The highest BCUT2D eigenvalue weighted by Crippen LogP contribution is 2.23. The molecule has 1 aromatic heterocycles. The highest BCUT2D eigenvalue weighted by Gasteiger charge is 2.11. The van der Waals surface area contributed by atoms with E-state index in [1.807, 2.05) is 68.4 Å². The van der Waals surface area contributed by atoms with Crippen LogP contribution >= 0.6 is 0 Å². The van der Waals surface area contributed by atoms with E-state index in [-0.39, 0.29) is 18.0 Å². The summed E-state index contributed by atoms with van der Waals surface area (Å²) < 4.78 is 1.20. The molecule has 0 bridgehead atoms. The lowest BCUT2D eigenvalue weighted by Gasteiger charge is -2.11. The number of amides is 1. The topological polar surface area (TPSA) is 64.0 Å². The average molecular weight is 383 g/mol. The molecule has 0 unspecified atom stereocenters. The minimum Gasteiger partial charge on any atom is -0.324 e. The second-order valence-electron chi connectivity index (χ2n) is 7.11. The van der Waals surface area contributed by atoms with Gasteiger partial charge in [0.2, 0.25) is 5.91 Å². The van der Waals surface area contributed by atoms with E-state index in [1.54, 1.807) is 6.07 Å². The van der Waals surface area contributed by atoms with E-state index < -0.39 is 0 Å². The standard InChI is InChI=1S/C24H21N3O2/c1-16-10-11-19(17(2)14-16)22-12-13-24(29)27(26-22)15-23(28)25-21-9-5-7-18-6-3-4-8-20(18)21/h3-14H,15H2,1-2H3,(H,25,28). The first-order chi connectivity index (χ1) is 14.0. The Labute approximate surface area is 168 Å². The third-order valence-corrected chi connectivity index (χ3v) is 4.88. The smallest absolute Gasteiger partial charge is 0.267 e. The van der Waals surface area contributed by atoms with Crippen molar-refractivity contribution in [2.75, 3.05) is 5.32 Å². The zero-order valence-corrected chi connectivity index (χ0v) is 16.3. The summed E-state index contributed by atoms with van der Waals surface area (Å²) in [6, 6.07) is 22.8. The second-order valence-corrected chi connectivity index (χ2v) is 7.11. The Morgan fingerprint density at radius 3 is 2.59 bits per heavy atom. The van der Waals surface area contributed by atoms with Crippen LogP contribution in [0.5, 0.6) is 0 Å². The fraction of sp³-hybridized carbons (Fsp3) is 0.125. The normalized spacial score (nSPS) is 10.8. The van der Waals surface area contributed by atoms with Gasteiger partial charge in [-0.15, -0.1) is 0 Å². The Hall–Kier alpha value is -3.73. The molecule has 0 spiro atoms. The quantitative estimate of drug-likeness (QED) is 0.571. The Kier molecular flexibility index (Phi) is 4.96. The Morgan fingerprint density at radius 1 is 0.966 bits per heavy atom. The molecule has 5 nitrogen and oxygen atoms in total. The number of rotatable bonds is 4. The Balaban J connectivity index is 1.60. The van der Waals surface area contributed by atoms with Crippen molar-refractivity contribution in [3.05, 3.63) is 94.3 Å². The van der Waals surface area contributed by atoms with Crippen LogP contribution in [0.25, 0.3) is 22.0 Å². The van der Waals surface area contributed by atoms with E-state index in [0.717, 1.165) is 27.5 Å². The molecule has 0 saturated heterocycles. The molecule has 1 amide bonds. The third kappa shape index (κ3) is 3.94. The summed E-state index contributed by atoms with van der Waals surface area (Å²) in [7, 11) is 0. The zero-order valence-electron chi connectivity index (χ0n) is 16.3. The van der Waals surface area contributed by atoms with Gasteiger partial charge in [-0.05, 0) is 36.9 Å². The molecule has 144 valence electrons. The lowest BCUT2D eigenvalue weighted by atomic mass is 10.0. The number of hydrogen-bond acceptors (Lipinski definition) is 3. The van der Waals surface area contributed by atoms with Crippen LogP contribution in [0.3, 0.4) is 0 Å². The molecule has 29 heavy (non-hydrogen) atoms. The molecular formula is C24H21N3O2. The van der Waals surface area contributed by atoms with Gasteiger partial charge in [0.15, 0.2) is 0 Å². The van der Waals surface area contributed by atoms with Crippen molar-refractivity contribution in [3.8, 4) is 11.3 Å². The Bertz CT molecular complexity index is 1270. The number of benzene rings is 3. The van der Waals surface area contributed by atoms with Gasteiger partial charge >= 0.3 is 0 Å². The summed E-state index contributed by atoms with van der Waals surface area (Å²) in [5.41, 5.74) is 4.24. The first-order valence-corrected chi connectivity index (χ1v) is 9.45. The van der Waals surface area contributed by atoms with Crippen molar-refractivity contribution in [3.63, 3.8) is 0 Å². The van der Waals surface area contributed by atoms with Crippen LogP contribution in [0.1, 0.15) is 11.1 Å². The van der Waals surface area contributed by atoms with Crippen LogP contribution < -0.4 is 10.9 Å². The fourth-order valence-electron chi connectivity index (χ4n) is 3.47. The minimum absolute atomic E-state index is 0.152. The van der Waals surface area contributed by atoms with Crippen molar-refractivity contribution in [1.29, 1.82) is 0 Å². The molecule has 4 rings (SSSR count). The predicted molar refractivity (Wildman–Crippen MR) is 116 cm³/mol. The molecule has 3 aromatic carbocycles. The number of anilines is 1. The first-order valence-electron chi connectivity index (χ1n) is 9.45. The molecule has 0 radical (unpaired) electrons. The van der Waals surface area contributed by atoms with Crippen LogP contribution in [-0.4, -0.2) is 15.7 Å². The number of nitrogens with one attached hydrogen (secondary N) is 1. The van der Waals surface area contributed by atoms with Crippen LogP contribution in [0.2, 0.25) is 0 Å². The summed E-state index contributed by atoms with van der Waals surface area (Å²) in [5, 5.41) is 9.31. The van der Waals surface area contributed by atoms with Gasteiger partial charge in [0.1, 0.15) is 6.54 Å². The number of aryl methyl sites for hydroxylation is 2. The van der Waals surface area contributed by atoms with Crippen LogP contribution in [0.15, 0.2) is 77.6 Å². The van der Waals surface area contributed by atoms with Crippen LogP contribution in [0, 0.1) is 13.8 Å². The molecule has 1 heterocycles. The van der Waals surface area contributed by atoms with E-state index in [1.165, 1.54) is 10.7 Å². The summed E-state index contributed by atoms with van der Waals surface area (Å²) in [5.74, 6) is -0.297. The molecule has 0 atom stereocenters. The number of nitrogens with zero attached hydrogens (tertiary/aromatic N) is 2. The van der Waals surface area contributed by atoms with E-state index in [2.05, 4.69) is 16.5 Å². The number of carbonyl (C=O) groups is 1. The molecular weight excluding hydrogens is 362 g/mol. The Morgan fingerprint density at radius 2 is 1.76 bits per heavy atom. The third-order valence-electron chi connectivity index (χ3n) is 4.88. The monoisotopic (exact) mass is 383 g/mol. The molecule has 0 saturated carbocycles. The van der Waals surface area contributed by atoms with Crippen molar-refractivity contribution in [2.45, 2.75) is 20.4 Å². The van der Waals surface area contributed by atoms with Crippen molar-refractivity contribution < 1.29 is 4.79 Å². The lowest BCUT2D eigenvalue weighted by Crippen LogP contribution is -2.29. The van der Waals surface area contributed by atoms with E-state index in [4.69, 9.17) is 0 Å². The highest BCUT2D eigenvalue weighted by molar-refractivity contribution is 6.01. The second kappa shape index (κ2) is 7.72. The molecule has 1 N–H and O–H groups in total. The predicted octanol–water partition coefficient (Wildman–Crippen LogP) is 4.32. The molecule has 0 aliphatic rings. The van der Waals surface area contributed by atoms with E-state index in [9.17, 15) is 9.59 Å². The molecule has 4 aromatic rings. The summed E-state index contributed by atoms with van der Waals surface area (Å²) in [4.78, 5) is 24.9. The number of carbonyl (C=O) groups excluding carboxylic acids is 1. The van der Waals surface area contributed by atoms with Crippen molar-refractivity contribution in [2.24, 2.45) is 0 Å². The van der Waals surface area contributed by atoms with Crippen molar-refractivity contribution >= 4 is 22.4 Å². The average Bonchev–Trinajstić information content (AvgIpc) is 2.70. The number of fused-ring (bicyclic) bond motifs is 1. The fourth-order valence-corrected chi connectivity index (χ4v) is 3.47. The molecule has 0 aliphatic carbocycles. The van der Waals surface area contributed by atoms with Gasteiger partial charge in [0.05, 0.1) is 5.69 Å². The van der Waals surface area contributed by atoms with Gasteiger partial charge in [-0.2, -0.15) is 5.10 Å². The maximum atomic E-state index is 12.6. The van der Waals surface area contributed by atoms with Gasteiger partial charge in [0.25, 0.3) is 5.56 Å². The van der Waals surface area contributed by atoms with Gasteiger partial charge in [0, 0.05) is 22.7 Å². The first kappa shape index (κ1) is 18.6. The lowest BCUT2D eigenvalue weighted by molar-refractivity contribution is -0.117. The van der Waals surface area contributed by atoms with Gasteiger partial charge < -0.3 is 5.32 Å². The summed E-state index contributed by atoms with van der Waals surface area (Å²) in [6.07, 6.45) is 0.